The number of rotatable bonds is 3. The maximum absolute atomic E-state index is 11.2. The van der Waals surface area contributed by atoms with Crippen LogP contribution in [0.25, 0.3) is 0 Å². The maximum atomic E-state index is 11.2. The molecule has 0 aliphatic heterocycles. The molecule has 1 rings (SSSR count). The Hall–Kier alpha value is -1.15. The van der Waals surface area contributed by atoms with E-state index in [9.17, 15) is 4.79 Å². The SMILES string of the molecule is CCC(=O)c1ccc(CO)cc1. The first-order valence-corrected chi connectivity index (χ1v) is 4.01. The molecule has 0 spiro atoms. The van der Waals surface area contributed by atoms with Crippen molar-refractivity contribution >= 4 is 5.78 Å². The molecule has 64 valence electrons. The highest BCUT2D eigenvalue weighted by molar-refractivity contribution is 5.95. The van der Waals surface area contributed by atoms with Gasteiger partial charge < -0.3 is 5.11 Å². The smallest absolute Gasteiger partial charge is 0.162 e. The van der Waals surface area contributed by atoms with Crippen molar-refractivity contribution < 1.29 is 9.90 Å². The summed E-state index contributed by atoms with van der Waals surface area (Å²) in [6, 6.07) is 7.03. The lowest BCUT2D eigenvalue weighted by Crippen LogP contribution is -1.96. The monoisotopic (exact) mass is 164 g/mol. The number of hydrogen-bond acceptors (Lipinski definition) is 2. The summed E-state index contributed by atoms with van der Waals surface area (Å²) in [7, 11) is 0. The van der Waals surface area contributed by atoms with E-state index in [1.54, 1.807) is 24.3 Å². The third kappa shape index (κ3) is 1.92. The van der Waals surface area contributed by atoms with E-state index in [0.717, 1.165) is 11.1 Å². The minimum Gasteiger partial charge on any atom is -0.392 e. The number of Topliss-reactive ketones (excluding diaryl/α,β-unsaturated/α-hetero) is 1. The van der Waals surface area contributed by atoms with E-state index in [-0.39, 0.29) is 12.4 Å². The van der Waals surface area contributed by atoms with Crippen molar-refractivity contribution in [3.05, 3.63) is 35.4 Å². The van der Waals surface area contributed by atoms with Crippen molar-refractivity contribution in [1.82, 2.24) is 0 Å². The van der Waals surface area contributed by atoms with Crippen LogP contribution in [0.15, 0.2) is 24.3 Å². The number of benzene rings is 1. The van der Waals surface area contributed by atoms with Gasteiger partial charge in [0.05, 0.1) is 6.61 Å². The number of ketones is 1. The van der Waals surface area contributed by atoms with Crippen LogP contribution in [0.4, 0.5) is 0 Å². The molecule has 0 saturated heterocycles. The summed E-state index contributed by atoms with van der Waals surface area (Å²) in [5, 5.41) is 8.74. The molecular formula is C10H12O2. The third-order valence-corrected chi connectivity index (χ3v) is 1.78. The van der Waals surface area contributed by atoms with Crippen LogP contribution < -0.4 is 0 Å². The van der Waals surface area contributed by atoms with Crippen molar-refractivity contribution in [1.29, 1.82) is 0 Å². The Kier molecular flexibility index (Phi) is 3.00. The molecule has 2 nitrogen and oxygen atoms in total. The Morgan fingerprint density at radius 1 is 1.33 bits per heavy atom. The van der Waals surface area contributed by atoms with E-state index >= 15 is 0 Å². The average Bonchev–Trinajstić information content (AvgIpc) is 2.17. The molecule has 0 bridgehead atoms. The highest BCUT2D eigenvalue weighted by Crippen LogP contribution is 2.06. The summed E-state index contributed by atoms with van der Waals surface area (Å²) in [4.78, 5) is 11.2. The van der Waals surface area contributed by atoms with Gasteiger partial charge in [-0.05, 0) is 5.56 Å². The zero-order chi connectivity index (χ0) is 8.97. The van der Waals surface area contributed by atoms with E-state index in [1.807, 2.05) is 6.92 Å². The molecule has 0 aromatic heterocycles. The zero-order valence-corrected chi connectivity index (χ0v) is 7.08. The van der Waals surface area contributed by atoms with Gasteiger partial charge in [-0.3, -0.25) is 4.79 Å². The molecule has 0 aliphatic carbocycles. The summed E-state index contributed by atoms with van der Waals surface area (Å²) in [5.41, 5.74) is 1.55. The van der Waals surface area contributed by atoms with Crippen LogP contribution in [0.3, 0.4) is 0 Å². The van der Waals surface area contributed by atoms with Gasteiger partial charge in [0.15, 0.2) is 5.78 Å². The van der Waals surface area contributed by atoms with E-state index in [2.05, 4.69) is 0 Å². The van der Waals surface area contributed by atoms with Crippen LogP contribution in [0.2, 0.25) is 0 Å². The van der Waals surface area contributed by atoms with Crippen molar-refractivity contribution in [3.63, 3.8) is 0 Å². The summed E-state index contributed by atoms with van der Waals surface area (Å²) >= 11 is 0. The highest BCUT2D eigenvalue weighted by atomic mass is 16.3. The van der Waals surface area contributed by atoms with Gasteiger partial charge in [-0.2, -0.15) is 0 Å². The Bertz CT molecular complexity index is 262. The lowest BCUT2D eigenvalue weighted by molar-refractivity contribution is 0.0988. The topological polar surface area (TPSA) is 37.3 Å². The van der Waals surface area contributed by atoms with Gasteiger partial charge in [0.2, 0.25) is 0 Å². The van der Waals surface area contributed by atoms with E-state index in [0.29, 0.717) is 6.42 Å². The molecule has 0 aliphatic rings. The molecular weight excluding hydrogens is 152 g/mol. The van der Waals surface area contributed by atoms with Gasteiger partial charge in [0, 0.05) is 12.0 Å². The number of carbonyl (C=O) groups excluding carboxylic acids is 1. The first-order valence-electron chi connectivity index (χ1n) is 4.01. The third-order valence-electron chi connectivity index (χ3n) is 1.78. The van der Waals surface area contributed by atoms with E-state index in [1.165, 1.54) is 0 Å². The molecule has 0 saturated carbocycles. The van der Waals surface area contributed by atoms with E-state index < -0.39 is 0 Å². The van der Waals surface area contributed by atoms with Crippen LogP contribution in [0.5, 0.6) is 0 Å². The summed E-state index contributed by atoms with van der Waals surface area (Å²) in [6.45, 7) is 1.86. The number of hydrogen-bond donors (Lipinski definition) is 1. The lowest BCUT2D eigenvalue weighted by Gasteiger charge is -1.98. The van der Waals surface area contributed by atoms with Crippen molar-refractivity contribution in [2.45, 2.75) is 20.0 Å². The predicted octanol–water partition coefficient (Wildman–Crippen LogP) is 1.77. The average molecular weight is 164 g/mol. The Morgan fingerprint density at radius 3 is 2.33 bits per heavy atom. The first kappa shape index (κ1) is 8.94. The Morgan fingerprint density at radius 2 is 1.92 bits per heavy atom. The molecule has 0 fully saturated rings. The second-order valence-corrected chi connectivity index (χ2v) is 2.63. The standard InChI is InChI=1S/C10H12O2/c1-2-10(12)9-5-3-8(7-11)4-6-9/h3-6,11H,2,7H2,1H3. The fraction of sp³-hybridized carbons (Fsp3) is 0.300. The van der Waals surface area contributed by atoms with Gasteiger partial charge in [0.25, 0.3) is 0 Å². The summed E-state index contributed by atoms with van der Waals surface area (Å²) in [6.07, 6.45) is 0.526. The molecule has 12 heavy (non-hydrogen) atoms. The highest BCUT2D eigenvalue weighted by Gasteiger charge is 2.01. The van der Waals surface area contributed by atoms with E-state index in [4.69, 9.17) is 5.11 Å². The van der Waals surface area contributed by atoms with Gasteiger partial charge in [0.1, 0.15) is 0 Å². The number of carbonyl (C=O) groups is 1. The van der Waals surface area contributed by atoms with Gasteiger partial charge in [-0.15, -0.1) is 0 Å². The minimum atomic E-state index is 0.0284. The van der Waals surface area contributed by atoms with Gasteiger partial charge in [-0.1, -0.05) is 31.2 Å². The molecule has 1 N–H and O–H groups in total. The van der Waals surface area contributed by atoms with Crippen LogP contribution in [-0.2, 0) is 6.61 Å². The largest absolute Gasteiger partial charge is 0.392 e. The fourth-order valence-electron chi connectivity index (χ4n) is 1.00. The molecule has 2 heteroatoms. The summed E-state index contributed by atoms with van der Waals surface area (Å²) in [5.74, 6) is 0.138. The minimum absolute atomic E-state index is 0.0284. The van der Waals surface area contributed by atoms with Crippen LogP contribution >= 0.6 is 0 Å². The quantitative estimate of drug-likeness (QED) is 0.691. The maximum Gasteiger partial charge on any atom is 0.162 e. The van der Waals surface area contributed by atoms with Crippen molar-refractivity contribution in [2.75, 3.05) is 0 Å². The number of aliphatic hydroxyl groups is 1. The van der Waals surface area contributed by atoms with Crippen molar-refractivity contribution in [2.24, 2.45) is 0 Å². The zero-order valence-electron chi connectivity index (χ0n) is 7.08. The fourth-order valence-corrected chi connectivity index (χ4v) is 1.00. The van der Waals surface area contributed by atoms with Crippen LogP contribution in [0, 0.1) is 0 Å². The van der Waals surface area contributed by atoms with Crippen LogP contribution in [-0.4, -0.2) is 10.9 Å². The normalized spacial score (nSPS) is 9.83. The second-order valence-electron chi connectivity index (χ2n) is 2.63. The molecule has 1 aromatic rings. The molecule has 0 radical (unpaired) electrons. The molecule has 0 heterocycles. The summed E-state index contributed by atoms with van der Waals surface area (Å²) < 4.78 is 0. The molecule has 0 atom stereocenters. The lowest BCUT2D eigenvalue weighted by atomic mass is 10.1. The number of aliphatic hydroxyl groups excluding tert-OH is 1. The van der Waals surface area contributed by atoms with Crippen molar-refractivity contribution in [3.8, 4) is 0 Å². The Balaban J connectivity index is 2.84. The Labute approximate surface area is 71.8 Å². The van der Waals surface area contributed by atoms with Crippen LogP contribution in [0.1, 0.15) is 29.3 Å². The molecule has 1 aromatic carbocycles. The second kappa shape index (κ2) is 4.02. The van der Waals surface area contributed by atoms with Gasteiger partial charge in [-0.25, -0.2) is 0 Å². The predicted molar refractivity (Wildman–Crippen MR) is 47.0 cm³/mol. The molecule has 0 unspecified atom stereocenters. The first-order chi connectivity index (χ1) is 5.77. The molecule has 0 amide bonds. The van der Waals surface area contributed by atoms with Gasteiger partial charge >= 0.3 is 0 Å².